The molecular weight excluding hydrogens is 941 g/mol. The van der Waals surface area contributed by atoms with E-state index in [2.05, 4.69) is 20.0 Å². The van der Waals surface area contributed by atoms with Gasteiger partial charge in [-0.1, -0.05) is 72.8 Å². The van der Waals surface area contributed by atoms with Crippen LogP contribution in [0.5, 0.6) is 0 Å². The van der Waals surface area contributed by atoms with Gasteiger partial charge in [0.25, 0.3) is 0 Å². The number of nitrogens with zero attached hydrogens (tertiary/aromatic N) is 8. The van der Waals surface area contributed by atoms with Crippen molar-refractivity contribution >= 4 is 35.1 Å². The summed E-state index contributed by atoms with van der Waals surface area (Å²) in [5.41, 5.74) is 3.55. The first-order valence-corrected chi connectivity index (χ1v) is 22.7. The number of ether oxygens (including phenoxy) is 2. The molecule has 0 unspecified atom stereocenters. The van der Waals surface area contributed by atoms with E-state index in [0.717, 1.165) is 61.8 Å². The number of halogens is 6. The second kappa shape index (κ2) is 25.3. The monoisotopic (exact) mass is 995 g/mol. The van der Waals surface area contributed by atoms with E-state index in [-0.39, 0.29) is 30.1 Å². The number of alkyl halides is 6. The van der Waals surface area contributed by atoms with Crippen LogP contribution >= 0.6 is 0 Å². The summed E-state index contributed by atoms with van der Waals surface area (Å²) >= 11 is 0. The predicted molar refractivity (Wildman–Crippen MR) is 250 cm³/mol. The summed E-state index contributed by atoms with van der Waals surface area (Å²) < 4.78 is 90.2. The molecule has 7 rings (SSSR count). The van der Waals surface area contributed by atoms with Gasteiger partial charge in [0.05, 0.1) is 32.8 Å². The zero-order chi connectivity index (χ0) is 51.0. The van der Waals surface area contributed by atoms with Gasteiger partial charge in [-0.25, -0.2) is 9.59 Å². The fourth-order valence-electron chi connectivity index (χ4n) is 7.59. The Morgan fingerprint density at radius 3 is 1.44 bits per heavy atom. The summed E-state index contributed by atoms with van der Waals surface area (Å²) in [5.74, 6) is -4.42. The van der Waals surface area contributed by atoms with E-state index < -0.39 is 36.5 Å². The Balaban J connectivity index is 0.000000232. The van der Waals surface area contributed by atoms with Gasteiger partial charge >= 0.3 is 36.2 Å². The maximum atomic E-state index is 13.5. The van der Waals surface area contributed by atoms with Crippen LogP contribution in [0, 0.1) is 0 Å². The van der Waals surface area contributed by atoms with Crippen LogP contribution in [0.25, 0.3) is 11.5 Å². The van der Waals surface area contributed by atoms with Crippen molar-refractivity contribution < 1.29 is 59.4 Å². The van der Waals surface area contributed by atoms with Gasteiger partial charge in [-0.3, -0.25) is 29.2 Å². The van der Waals surface area contributed by atoms with Crippen molar-refractivity contribution in [1.82, 2.24) is 35.1 Å². The molecule has 0 aliphatic carbocycles. The molecule has 380 valence electrons. The van der Waals surface area contributed by atoms with Gasteiger partial charge in [0.2, 0.25) is 5.89 Å². The molecule has 0 bridgehead atoms. The Labute approximate surface area is 406 Å². The van der Waals surface area contributed by atoms with E-state index in [1.807, 2.05) is 65.6 Å². The average Bonchev–Trinajstić information content (AvgIpc) is 3.90. The van der Waals surface area contributed by atoms with Crippen molar-refractivity contribution in [3.05, 3.63) is 132 Å². The minimum atomic E-state index is -5.05. The summed E-state index contributed by atoms with van der Waals surface area (Å²) in [4.78, 5) is 61.5. The summed E-state index contributed by atoms with van der Waals surface area (Å²) in [5, 5.41) is 8.12. The zero-order valence-corrected chi connectivity index (χ0v) is 39.2. The number of rotatable bonds is 16. The van der Waals surface area contributed by atoms with Gasteiger partial charge in [0, 0.05) is 102 Å². The highest BCUT2D eigenvalue weighted by molar-refractivity contribution is 6.00. The number of hydrogen-bond donors (Lipinski definition) is 1. The summed E-state index contributed by atoms with van der Waals surface area (Å²) in [6.45, 7) is 8.16. The molecule has 1 N–H and O–H groups in total. The SMILES string of the molecule is COCCN1CCN(C(=O)N(Cc2ccc(-c3nnc(C(F)(F)F)o3)cc2)c2ccccc2)CC1.COCCN1CCN(C(=O)N(Cc2ccc(C(=O)CNC(=O)C(F)(F)F)cc2)c2ccccc2)CC1. The number of nitrogens with one attached hydrogen (secondary N) is 1. The number of benzene rings is 4. The van der Waals surface area contributed by atoms with Crippen LogP contribution in [0.4, 0.5) is 47.3 Å². The maximum absolute atomic E-state index is 13.5. The molecule has 0 spiro atoms. The molecule has 5 aromatic rings. The number of Topliss-reactive ketones (excluding diaryl/α,β-unsaturated/α-hetero) is 1. The van der Waals surface area contributed by atoms with Gasteiger partial charge in [0.1, 0.15) is 0 Å². The first-order chi connectivity index (χ1) is 34.0. The van der Waals surface area contributed by atoms with Crippen LogP contribution in [0.2, 0.25) is 0 Å². The lowest BCUT2D eigenvalue weighted by atomic mass is 10.1. The van der Waals surface area contributed by atoms with E-state index in [4.69, 9.17) is 13.9 Å². The number of carbonyl (C=O) groups excluding carboxylic acids is 4. The van der Waals surface area contributed by atoms with Crippen LogP contribution in [0.15, 0.2) is 114 Å². The number of hydrogen-bond acceptors (Lipinski definition) is 11. The van der Waals surface area contributed by atoms with E-state index in [1.54, 1.807) is 70.6 Å². The van der Waals surface area contributed by atoms with Crippen molar-refractivity contribution in [2.75, 3.05) is 109 Å². The lowest BCUT2D eigenvalue weighted by molar-refractivity contribution is -0.173. The molecule has 2 aliphatic heterocycles. The Bertz CT molecular complexity index is 2470. The zero-order valence-electron chi connectivity index (χ0n) is 39.2. The fourth-order valence-corrected chi connectivity index (χ4v) is 7.59. The fraction of sp³-hybridized carbons (Fsp3) is 0.388. The van der Waals surface area contributed by atoms with Crippen molar-refractivity contribution in [3.8, 4) is 11.5 Å². The highest BCUT2D eigenvalue weighted by atomic mass is 19.4. The Kier molecular flexibility index (Phi) is 19.1. The van der Waals surface area contributed by atoms with E-state index in [9.17, 15) is 45.5 Å². The largest absolute Gasteiger partial charge is 0.471 e. The molecule has 71 heavy (non-hydrogen) atoms. The minimum Gasteiger partial charge on any atom is -0.413 e. The second-order valence-corrected chi connectivity index (χ2v) is 16.5. The van der Waals surface area contributed by atoms with Crippen molar-refractivity contribution in [3.63, 3.8) is 0 Å². The summed E-state index contributed by atoms with van der Waals surface area (Å²) in [6.07, 6.45) is -9.74. The van der Waals surface area contributed by atoms with Gasteiger partial charge in [-0.2, -0.15) is 26.3 Å². The molecule has 1 aromatic heterocycles. The molecule has 0 saturated carbocycles. The van der Waals surface area contributed by atoms with E-state index in [1.165, 1.54) is 12.1 Å². The quantitative estimate of drug-likeness (QED) is 0.0796. The first-order valence-electron chi connectivity index (χ1n) is 22.7. The van der Waals surface area contributed by atoms with Gasteiger partial charge in [0.15, 0.2) is 5.78 Å². The first kappa shape index (κ1) is 53.5. The Morgan fingerprint density at radius 2 is 1.04 bits per heavy atom. The second-order valence-electron chi connectivity index (χ2n) is 16.5. The summed E-state index contributed by atoms with van der Waals surface area (Å²) in [7, 11) is 3.33. The maximum Gasteiger partial charge on any atom is 0.471 e. The smallest absolute Gasteiger partial charge is 0.413 e. The molecule has 22 heteroatoms. The lowest BCUT2D eigenvalue weighted by Crippen LogP contribution is -2.53. The number of para-hydroxylation sites is 2. The third-order valence-electron chi connectivity index (χ3n) is 11.6. The molecule has 0 atom stereocenters. The number of carbonyl (C=O) groups is 4. The number of methoxy groups -OCH3 is 2. The van der Waals surface area contributed by atoms with Crippen LogP contribution in [-0.2, 0) is 33.5 Å². The van der Waals surface area contributed by atoms with Crippen molar-refractivity contribution in [2.24, 2.45) is 0 Å². The highest BCUT2D eigenvalue weighted by Crippen LogP contribution is 2.31. The van der Waals surface area contributed by atoms with Crippen molar-refractivity contribution in [1.29, 1.82) is 0 Å². The van der Waals surface area contributed by atoms with Crippen LogP contribution in [-0.4, -0.2) is 159 Å². The molecule has 2 saturated heterocycles. The van der Waals surface area contributed by atoms with Crippen LogP contribution in [0.1, 0.15) is 27.4 Å². The molecular formula is C49H55F6N9O7. The standard InChI is InChI=1S/C25H29F3N4O4.C24H26F3N5O3/c1-36-16-15-30-11-13-31(14-12-30)24(35)32(21-5-3-2-4-6-21)18-19-7-9-20(10-8-19)22(33)17-29-23(34)25(26,27)28;1-34-16-15-30-11-13-31(14-12-30)23(33)32(20-5-3-2-4-6-20)17-18-7-9-19(10-8-18)21-28-29-22(35-21)24(25,26)27/h2-10H,11-18H2,1H3,(H,29,34);2-10H,11-17H2,1H3. The third-order valence-corrected chi connectivity index (χ3v) is 11.6. The molecule has 3 heterocycles. The number of anilines is 2. The van der Waals surface area contributed by atoms with Crippen molar-refractivity contribution in [2.45, 2.75) is 25.4 Å². The molecule has 5 amide bonds. The van der Waals surface area contributed by atoms with Crippen LogP contribution < -0.4 is 15.1 Å². The third kappa shape index (κ3) is 15.6. The minimum absolute atomic E-state index is 0.0987. The molecule has 2 fully saturated rings. The average molecular weight is 996 g/mol. The molecule has 0 radical (unpaired) electrons. The van der Waals surface area contributed by atoms with E-state index >= 15 is 0 Å². The predicted octanol–water partition coefficient (Wildman–Crippen LogP) is 7.08. The number of aromatic nitrogens is 2. The number of urea groups is 2. The lowest BCUT2D eigenvalue weighted by Gasteiger charge is -2.37. The highest BCUT2D eigenvalue weighted by Gasteiger charge is 2.39. The number of piperazine rings is 2. The van der Waals surface area contributed by atoms with Gasteiger partial charge in [-0.15, -0.1) is 10.2 Å². The molecule has 2 aliphatic rings. The van der Waals surface area contributed by atoms with Gasteiger partial charge in [-0.05, 0) is 47.5 Å². The van der Waals surface area contributed by atoms with Crippen LogP contribution in [0.3, 0.4) is 0 Å². The Morgan fingerprint density at radius 1 is 0.606 bits per heavy atom. The number of ketones is 1. The number of amides is 5. The van der Waals surface area contributed by atoms with Gasteiger partial charge < -0.3 is 29.0 Å². The Hall–Kier alpha value is -6.88. The normalized spacial score (nSPS) is 14.6. The topological polar surface area (TPSA) is 157 Å². The molecule has 16 nitrogen and oxygen atoms in total. The molecule has 4 aromatic carbocycles. The van der Waals surface area contributed by atoms with E-state index in [0.29, 0.717) is 51.5 Å². The summed E-state index contributed by atoms with van der Waals surface area (Å²) in [6, 6.07) is 31.3.